The van der Waals surface area contributed by atoms with Crippen molar-refractivity contribution in [2.75, 3.05) is 49.1 Å². The third kappa shape index (κ3) is 4.66. The van der Waals surface area contributed by atoms with Crippen LogP contribution in [0.3, 0.4) is 0 Å². The molecule has 2 aromatic rings. The Morgan fingerprint density at radius 2 is 1.75 bits per heavy atom. The Hall–Kier alpha value is -2.46. The fourth-order valence-corrected chi connectivity index (χ4v) is 5.73. The van der Waals surface area contributed by atoms with E-state index in [4.69, 9.17) is 4.74 Å². The van der Waals surface area contributed by atoms with Gasteiger partial charge in [0.15, 0.2) is 23.2 Å². The van der Waals surface area contributed by atoms with Gasteiger partial charge in [0, 0.05) is 38.8 Å². The summed E-state index contributed by atoms with van der Waals surface area (Å²) in [6, 6.07) is 8.19. The standard InChI is InChI=1S/C22H30FN5O3S/c1-3-31-20-8-7-18(16-19(20)23)32(29,30)27-14-12-26(13-15-27)21-9-10-22(25-24-21)28-11-5-4-6-17(28)2/h7-10,16-17H,3-6,11-15H2,1-2H3. The van der Waals surface area contributed by atoms with E-state index in [1.807, 2.05) is 17.0 Å². The quantitative estimate of drug-likeness (QED) is 0.652. The number of anilines is 2. The molecule has 3 heterocycles. The lowest BCUT2D eigenvalue weighted by atomic mass is 10.0. The summed E-state index contributed by atoms with van der Waals surface area (Å²) < 4.78 is 46.7. The molecule has 2 saturated heterocycles. The van der Waals surface area contributed by atoms with Crippen molar-refractivity contribution in [3.8, 4) is 5.75 Å². The van der Waals surface area contributed by atoms with E-state index < -0.39 is 15.8 Å². The second kappa shape index (κ2) is 9.58. The zero-order valence-electron chi connectivity index (χ0n) is 18.6. The van der Waals surface area contributed by atoms with Gasteiger partial charge in [-0.3, -0.25) is 0 Å². The molecule has 2 fully saturated rings. The molecule has 0 radical (unpaired) electrons. The van der Waals surface area contributed by atoms with Gasteiger partial charge in [-0.1, -0.05) is 0 Å². The highest BCUT2D eigenvalue weighted by Crippen LogP contribution is 2.26. The number of sulfonamides is 1. The van der Waals surface area contributed by atoms with Gasteiger partial charge >= 0.3 is 0 Å². The second-order valence-corrected chi connectivity index (χ2v) is 10.1. The Morgan fingerprint density at radius 1 is 1.03 bits per heavy atom. The van der Waals surface area contributed by atoms with Gasteiger partial charge in [-0.15, -0.1) is 10.2 Å². The van der Waals surface area contributed by atoms with Crippen LogP contribution >= 0.6 is 0 Å². The minimum absolute atomic E-state index is 0.0530. The van der Waals surface area contributed by atoms with Crippen molar-refractivity contribution in [3.63, 3.8) is 0 Å². The number of ether oxygens (including phenoxy) is 1. The maximum Gasteiger partial charge on any atom is 0.243 e. The van der Waals surface area contributed by atoms with Crippen LogP contribution in [0.25, 0.3) is 0 Å². The van der Waals surface area contributed by atoms with Crippen LogP contribution in [0.5, 0.6) is 5.75 Å². The summed E-state index contributed by atoms with van der Waals surface area (Å²) in [5.41, 5.74) is 0. The van der Waals surface area contributed by atoms with E-state index in [-0.39, 0.29) is 10.6 Å². The van der Waals surface area contributed by atoms with Crippen molar-refractivity contribution in [2.45, 2.75) is 44.0 Å². The van der Waals surface area contributed by atoms with Gasteiger partial charge < -0.3 is 14.5 Å². The fraction of sp³-hybridized carbons (Fsp3) is 0.545. The van der Waals surface area contributed by atoms with Gasteiger partial charge in [-0.2, -0.15) is 4.31 Å². The molecular weight excluding hydrogens is 433 g/mol. The van der Waals surface area contributed by atoms with Crippen LogP contribution in [0, 0.1) is 5.82 Å². The van der Waals surface area contributed by atoms with E-state index in [1.165, 1.54) is 29.3 Å². The highest BCUT2D eigenvalue weighted by molar-refractivity contribution is 7.89. The molecule has 1 aromatic carbocycles. The Morgan fingerprint density at radius 3 is 2.38 bits per heavy atom. The van der Waals surface area contributed by atoms with Crippen molar-refractivity contribution in [2.24, 2.45) is 0 Å². The molecule has 0 bridgehead atoms. The molecule has 0 spiro atoms. The first kappa shape index (κ1) is 22.7. The molecule has 8 nitrogen and oxygen atoms in total. The van der Waals surface area contributed by atoms with Crippen LogP contribution in [-0.4, -0.2) is 68.3 Å². The van der Waals surface area contributed by atoms with Crippen molar-refractivity contribution >= 4 is 21.7 Å². The molecule has 2 aliphatic rings. The van der Waals surface area contributed by atoms with Crippen LogP contribution in [-0.2, 0) is 10.0 Å². The molecule has 0 N–H and O–H groups in total. The lowest BCUT2D eigenvalue weighted by Gasteiger charge is -2.35. The van der Waals surface area contributed by atoms with Gasteiger partial charge in [-0.05, 0) is 63.4 Å². The maximum atomic E-state index is 14.2. The Bertz CT molecular complexity index is 1030. The molecule has 0 aliphatic carbocycles. The van der Waals surface area contributed by atoms with Gasteiger partial charge in [0.2, 0.25) is 10.0 Å². The van der Waals surface area contributed by atoms with Gasteiger partial charge in [0.1, 0.15) is 0 Å². The molecule has 174 valence electrons. The number of rotatable bonds is 6. The fourth-order valence-electron chi connectivity index (χ4n) is 4.30. The average molecular weight is 464 g/mol. The Kier molecular flexibility index (Phi) is 6.80. The molecule has 1 unspecified atom stereocenters. The SMILES string of the molecule is CCOc1ccc(S(=O)(=O)N2CCN(c3ccc(N4CCCCC4C)nn3)CC2)cc1F. The van der Waals surface area contributed by atoms with E-state index >= 15 is 0 Å². The minimum atomic E-state index is -3.78. The predicted molar refractivity (Wildman–Crippen MR) is 121 cm³/mol. The van der Waals surface area contributed by atoms with Gasteiger partial charge in [-0.25, -0.2) is 12.8 Å². The number of piperidine rings is 1. The van der Waals surface area contributed by atoms with Crippen LogP contribution in [0.1, 0.15) is 33.1 Å². The van der Waals surface area contributed by atoms with Crippen LogP contribution in [0.4, 0.5) is 16.0 Å². The maximum absolute atomic E-state index is 14.2. The summed E-state index contributed by atoms with van der Waals surface area (Å²) in [7, 11) is -3.78. The number of hydrogen-bond acceptors (Lipinski definition) is 7. The Labute approximate surface area is 189 Å². The number of piperazine rings is 1. The van der Waals surface area contributed by atoms with E-state index in [0.717, 1.165) is 30.7 Å². The summed E-state index contributed by atoms with van der Waals surface area (Å²) in [4.78, 5) is 4.26. The van der Waals surface area contributed by atoms with Gasteiger partial charge in [0.25, 0.3) is 0 Å². The molecule has 32 heavy (non-hydrogen) atoms. The first-order valence-corrected chi connectivity index (χ1v) is 12.6. The van der Waals surface area contributed by atoms with Crippen LogP contribution in [0.15, 0.2) is 35.2 Å². The topological polar surface area (TPSA) is 78.9 Å². The molecule has 4 rings (SSSR count). The minimum Gasteiger partial charge on any atom is -0.491 e. The number of hydrogen-bond donors (Lipinski definition) is 0. The normalized spacial score (nSPS) is 20.4. The van der Waals surface area contributed by atoms with Crippen molar-refractivity contribution < 1.29 is 17.5 Å². The molecule has 10 heteroatoms. The van der Waals surface area contributed by atoms with Crippen LogP contribution < -0.4 is 14.5 Å². The van der Waals surface area contributed by atoms with Crippen molar-refractivity contribution in [1.29, 1.82) is 0 Å². The molecule has 1 atom stereocenters. The van der Waals surface area contributed by atoms with E-state index in [0.29, 0.717) is 38.8 Å². The summed E-state index contributed by atoms with van der Waals surface area (Å²) in [6.45, 7) is 6.84. The van der Waals surface area contributed by atoms with E-state index in [2.05, 4.69) is 22.0 Å². The smallest absolute Gasteiger partial charge is 0.243 e. The first-order valence-electron chi connectivity index (χ1n) is 11.2. The molecule has 0 saturated carbocycles. The van der Waals surface area contributed by atoms with E-state index in [1.54, 1.807) is 6.92 Å². The molecular formula is C22H30FN5O3S. The lowest BCUT2D eigenvalue weighted by molar-refractivity contribution is 0.321. The third-order valence-electron chi connectivity index (χ3n) is 6.14. The number of halogens is 1. The highest BCUT2D eigenvalue weighted by atomic mass is 32.2. The third-order valence-corrected chi connectivity index (χ3v) is 8.03. The van der Waals surface area contributed by atoms with Crippen molar-refractivity contribution in [3.05, 3.63) is 36.1 Å². The number of benzene rings is 1. The monoisotopic (exact) mass is 463 g/mol. The number of aromatic nitrogens is 2. The molecule has 2 aliphatic heterocycles. The molecule has 1 aromatic heterocycles. The lowest BCUT2D eigenvalue weighted by Crippen LogP contribution is -2.49. The average Bonchev–Trinajstić information content (AvgIpc) is 2.81. The Balaban J connectivity index is 1.40. The largest absolute Gasteiger partial charge is 0.491 e. The van der Waals surface area contributed by atoms with Crippen LogP contribution in [0.2, 0.25) is 0 Å². The second-order valence-electron chi connectivity index (χ2n) is 8.20. The van der Waals surface area contributed by atoms with E-state index in [9.17, 15) is 12.8 Å². The zero-order valence-corrected chi connectivity index (χ0v) is 19.4. The zero-order chi connectivity index (χ0) is 22.7. The van der Waals surface area contributed by atoms with Gasteiger partial charge in [0.05, 0.1) is 11.5 Å². The highest BCUT2D eigenvalue weighted by Gasteiger charge is 2.30. The summed E-state index contributed by atoms with van der Waals surface area (Å²) >= 11 is 0. The summed E-state index contributed by atoms with van der Waals surface area (Å²) in [6.07, 6.45) is 3.58. The predicted octanol–water partition coefficient (Wildman–Crippen LogP) is 2.90. The summed E-state index contributed by atoms with van der Waals surface area (Å²) in [5.74, 6) is 1.00. The number of nitrogens with zero attached hydrogens (tertiary/aromatic N) is 5. The van der Waals surface area contributed by atoms with Crippen molar-refractivity contribution in [1.82, 2.24) is 14.5 Å². The first-order chi connectivity index (χ1) is 15.4. The summed E-state index contributed by atoms with van der Waals surface area (Å²) in [5, 5.41) is 8.82. The molecule has 0 amide bonds.